The predicted octanol–water partition coefficient (Wildman–Crippen LogP) is 2.91. The first-order valence-electron chi connectivity index (χ1n) is 4.74. The number of carbonyl (C=O) groups excluding carboxylic acids is 1. The maximum atomic E-state index is 13.6. The first-order valence-corrected chi connectivity index (χ1v) is 4.74. The first-order chi connectivity index (χ1) is 6.86. The van der Waals surface area contributed by atoms with Gasteiger partial charge in [0.1, 0.15) is 5.82 Å². The number of rotatable bonds is 1. The summed E-state index contributed by atoms with van der Waals surface area (Å²) >= 11 is 0. The molecule has 2 nitrogen and oxygen atoms in total. The second kappa shape index (κ2) is 4.01. The Morgan fingerprint density at radius 3 is 2.33 bits per heavy atom. The lowest BCUT2D eigenvalue weighted by Gasteiger charge is -2.19. The molecule has 0 saturated carbocycles. The highest BCUT2D eigenvalue weighted by Gasteiger charge is 2.19. The van der Waals surface area contributed by atoms with Crippen molar-refractivity contribution in [1.82, 2.24) is 0 Å². The molecule has 3 heteroatoms. The van der Waals surface area contributed by atoms with Crippen molar-refractivity contribution >= 4 is 5.97 Å². The van der Waals surface area contributed by atoms with E-state index in [9.17, 15) is 9.18 Å². The Hall–Kier alpha value is -1.38. The molecule has 0 atom stereocenters. The van der Waals surface area contributed by atoms with Crippen molar-refractivity contribution in [3.63, 3.8) is 0 Å². The Kier molecular flexibility index (Phi) is 3.12. The largest absolute Gasteiger partial charge is 0.465 e. The summed E-state index contributed by atoms with van der Waals surface area (Å²) < 4.78 is 18.1. The van der Waals surface area contributed by atoms with E-state index in [0.717, 1.165) is 0 Å². The summed E-state index contributed by atoms with van der Waals surface area (Å²) in [6.45, 7) is 5.76. The normalized spacial score (nSPS) is 11.3. The van der Waals surface area contributed by atoms with E-state index in [1.165, 1.54) is 13.2 Å². The maximum Gasteiger partial charge on any atom is 0.337 e. The molecular weight excluding hydrogens is 195 g/mol. The molecule has 1 aromatic rings. The lowest BCUT2D eigenvalue weighted by Crippen LogP contribution is -2.14. The molecule has 0 saturated heterocycles. The van der Waals surface area contributed by atoms with E-state index < -0.39 is 5.97 Å². The van der Waals surface area contributed by atoms with Gasteiger partial charge in [-0.2, -0.15) is 0 Å². The van der Waals surface area contributed by atoms with Crippen LogP contribution >= 0.6 is 0 Å². The number of esters is 1. The smallest absolute Gasteiger partial charge is 0.337 e. The van der Waals surface area contributed by atoms with Gasteiger partial charge in [-0.1, -0.05) is 26.8 Å². The van der Waals surface area contributed by atoms with E-state index >= 15 is 0 Å². The number of carbonyl (C=O) groups is 1. The van der Waals surface area contributed by atoms with Crippen LogP contribution in [0, 0.1) is 5.82 Å². The average molecular weight is 210 g/mol. The number of hydrogen-bond acceptors (Lipinski definition) is 2. The topological polar surface area (TPSA) is 26.3 Å². The van der Waals surface area contributed by atoms with Crippen LogP contribution in [-0.4, -0.2) is 13.1 Å². The van der Waals surface area contributed by atoms with Crippen LogP contribution in [-0.2, 0) is 10.2 Å². The van der Waals surface area contributed by atoms with Crippen LogP contribution in [0.25, 0.3) is 0 Å². The molecule has 1 rings (SSSR count). The third-order valence-corrected chi connectivity index (χ3v) is 2.20. The number of ether oxygens (including phenoxy) is 1. The Balaban J connectivity index is 3.15. The maximum absolute atomic E-state index is 13.6. The minimum atomic E-state index is -0.519. The quantitative estimate of drug-likeness (QED) is 0.666. The van der Waals surface area contributed by atoms with Crippen molar-refractivity contribution in [2.45, 2.75) is 26.2 Å². The molecule has 1 aromatic carbocycles. The van der Waals surface area contributed by atoms with Crippen molar-refractivity contribution in [2.75, 3.05) is 7.11 Å². The van der Waals surface area contributed by atoms with E-state index in [1.54, 1.807) is 12.1 Å². The second-order valence-corrected chi connectivity index (χ2v) is 4.44. The predicted molar refractivity (Wildman–Crippen MR) is 56.4 cm³/mol. The lowest BCUT2D eigenvalue weighted by molar-refractivity contribution is 0.0600. The van der Waals surface area contributed by atoms with Gasteiger partial charge >= 0.3 is 5.97 Å². The molecule has 82 valence electrons. The Morgan fingerprint density at radius 2 is 1.93 bits per heavy atom. The van der Waals surface area contributed by atoms with E-state index in [0.29, 0.717) is 5.56 Å². The van der Waals surface area contributed by atoms with Gasteiger partial charge in [0.15, 0.2) is 0 Å². The third-order valence-electron chi connectivity index (χ3n) is 2.20. The molecular formula is C12H15FO2. The molecule has 0 heterocycles. The van der Waals surface area contributed by atoms with E-state index in [4.69, 9.17) is 0 Å². The summed E-state index contributed by atoms with van der Waals surface area (Å²) in [6.07, 6.45) is 0. The summed E-state index contributed by atoms with van der Waals surface area (Å²) in [7, 11) is 1.28. The fourth-order valence-electron chi connectivity index (χ4n) is 1.37. The standard InChI is InChI=1S/C12H15FO2/c1-12(2,3)9-6-5-8(7-10(9)13)11(14)15-4/h5-7H,1-4H3. The second-order valence-electron chi connectivity index (χ2n) is 4.44. The van der Waals surface area contributed by atoms with E-state index in [-0.39, 0.29) is 16.8 Å². The Bertz CT molecular complexity index is 378. The Labute approximate surface area is 89.1 Å². The van der Waals surface area contributed by atoms with Gasteiger partial charge in [-0.3, -0.25) is 0 Å². The molecule has 0 bridgehead atoms. The third kappa shape index (κ3) is 2.55. The average Bonchev–Trinajstić information content (AvgIpc) is 2.14. The van der Waals surface area contributed by atoms with Crippen LogP contribution < -0.4 is 0 Å². The van der Waals surface area contributed by atoms with Gasteiger partial charge in [-0.15, -0.1) is 0 Å². The summed E-state index contributed by atoms with van der Waals surface area (Å²) in [5.41, 5.74) is 0.566. The van der Waals surface area contributed by atoms with Gasteiger partial charge in [0.25, 0.3) is 0 Å². The van der Waals surface area contributed by atoms with E-state index in [1.807, 2.05) is 20.8 Å². The van der Waals surface area contributed by atoms with Crippen LogP contribution in [0.5, 0.6) is 0 Å². The molecule has 0 aliphatic rings. The number of benzene rings is 1. The molecule has 0 aromatic heterocycles. The first kappa shape index (κ1) is 11.7. The van der Waals surface area contributed by atoms with Gasteiger partial charge < -0.3 is 4.74 Å². The van der Waals surface area contributed by atoms with Crippen LogP contribution in [0.1, 0.15) is 36.7 Å². The molecule has 0 unspecified atom stereocenters. The number of methoxy groups -OCH3 is 1. The zero-order chi connectivity index (χ0) is 11.6. The summed E-state index contributed by atoms with van der Waals surface area (Å²) in [5, 5.41) is 0. The van der Waals surface area contributed by atoms with Crippen molar-refractivity contribution in [2.24, 2.45) is 0 Å². The highest BCUT2D eigenvalue weighted by atomic mass is 19.1. The molecule has 0 amide bonds. The number of halogens is 1. The monoisotopic (exact) mass is 210 g/mol. The van der Waals surface area contributed by atoms with Crippen LogP contribution in [0.3, 0.4) is 0 Å². The molecule has 0 fully saturated rings. The molecule has 0 radical (unpaired) electrons. The fourth-order valence-corrected chi connectivity index (χ4v) is 1.37. The molecule has 0 spiro atoms. The van der Waals surface area contributed by atoms with Crippen LogP contribution in [0.15, 0.2) is 18.2 Å². The van der Waals surface area contributed by atoms with Crippen molar-refractivity contribution in [1.29, 1.82) is 0 Å². The highest BCUT2D eigenvalue weighted by molar-refractivity contribution is 5.89. The molecule has 0 N–H and O–H groups in total. The summed E-state index contributed by atoms with van der Waals surface area (Å²) in [5.74, 6) is -0.889. The SMILES string of the molecule is COC(=O)c1ccc(C(C)(C)C)c(F)c1. The van der Waals surface area contributed by atoms with Gasteiger partial charge in [-0.05, 0) is 23.1 Å². The molecule has 0 aliphatic carbocycles. The lowest BCUT2D eigenvalue weighted by atomic mass is 9.86. The highest BCUT2D eigenvalue weighted by Crippen LogP contribution is 2.25. The fraction of sp³-hybridized carbons (Fsp3) is 0.417. The zero-order valence-electron chi connectivity index (χ0n) is 9.43. The minimum absolute atomic E-state index is 0.239. The van der Waals surface area contributed by atoms with E-state index in [2.05, 4.69) is 4.74 Å². The minimum Gasteiger partial charge on any atom is -0.465 e. The molecule has 15 heavy (non-hydrogen) atoms. The van der Waals surface area contributed by atoms with Gasteiger partial charge in [-0.25, -0.2) is 9.18 Å². The van der Waals surface area contributed by atoms with Gasteiger partial charge in [0.05, 0.1) is 12.7 Å². The van der Waals surface area contributed by atoms with Crippen molar-refractivity contribution in [3.05, 3.63) is 35.1 Å². The summed E-state index contributed by atoms with van der Waals surface area (Å²) in [6, 6.07) is 4.42. The number of hydrogen-bond donors (Lipinski definition) is 0. The Morgan fingerprint density at radius 1 is 1.33 bits per heavy atom. The molecule has 0 aliphatic heterocycles. The van der Waals surface area contributed by atoms with Gasteiger partial charge in [0, 0.05) is 0 Å². The zero-order valence-corrected chi connectivity index (χ0v) is 9.43. The summed E-state index contributed by atoms with van der Waals surface area (Å²) in [4.78, 5) is 11.1. The van der Waals surface area contributed by atoms with Crippen molar-refractivity contribution < 1.29 is 13.9 Å². The van der Waals surface area contributed by atoms with Crippen molar-refractivity contribution in [3.8, 4) is 0 Å². The van der Waals surface area contributed by atoms with Gasteiger partial charge in [0.2, 0.25) is 0 Å². The van der Waals surface area contributed by atoms with Crippen LogP contribution in [0.2, 0.25) is 0 Å². The van der Waals surface area contributed by atoms with Crippen LogP contribution in [0.4, 0.5) is 4.39 Å².